The maximum atomic E-state index is 5.57. The lowest BCUT2D eigenvalue weighted by molar-refractivity contribution is 0.171. The van der Waals surface area contributed by atoms with E-state index in [2.05, 4.69) is 49.9 Å². The van der Waals surface area contributed by atoms with Crippen molar-refractivity contribution >= 4 is 10.9 Å². The first-order valence-electron chi connectivity index (χ1n) is 9.73. The van der Waals surface area contributed by atoms with Crippen LogP contribution in [0.5, 0.6) is 17.2 Å². The van der Waals surface area contributed by atoms with E-state index in [0.717, 1.165) is 36.4 Å². The Morgan fingerprint density at radius 1 is 1.07 bits per heavy atom. The van der Waals surface area contributed by atoms with Gasteiger partial charge in [-0.3, -0.25) is 4.90 Å². The zero-order valence-electron chi connectivity index (χ0n) is 16.9. The van der Waals surface area contributed by atoms with Gasteiger partial charge in [0.05, 0.1) is 18.3 Å². The average molecular weight is 378 g/mol. The Morgan fingerprint density at radius 3 is 2.64 bits per heavy atom. The molecule has 0 fully saturated rings. The molecule has 2 heterocycles. The van der Waals surface area contributed by atoms with Crippen LogP contribution in [0.4, 0.5) is 0 Å². The van der Waals surface area contributed by atoms with Crippen molar-refractivity contribution in [3.8, 4) is 28.5 Å². The van der Waals surface area contributed by atoms with Crippen LogP contribution in [0, 0.1) is 6.92 Å². The molecule has 1 aliphatic rings. The number of rotatable bonds is 6. The molecule has 4 rings (SSSR count). The number of aryl methyl sites for hydroxylation is 1. The highest BCUT2D eigenvalue weighted by Crippen LogP contribution is 2.44. The summed E-state index contributed by atoms with van der Waals surface area (Å²) < 4.78 is 16.6. The molecule has 0 unspecified atom stereocenters. The molecule has 146 valence electrons. The molecular formula is C23H26N2O3. The summed E-state index contributed by atoms with van der Waals surface area (Å²) in [6.45, 7) is 9.74. The van der Waals surface area contributed by atoms with Gasteiger partial charge < -0.3 is 14.2 Å². The van der Waals surface area contributed by atoms with Crippen LogP contribution in [-0.4, -0.2) is 36.9 Å². The predicted octanol–water partition coefficient (Wildman–Crippen LogP) is 4.79. The Labute approximate surface area is 165 Å². The van der Waals surface area contributed by atoms with E-state index >= 15 is 0 Å². The van der Waals surface area contributed by atoms with Crippen molar-refractivity contribution in [2.45, 2.75) is 27.3 Å². The van der Waals surface area contributed by atoms with E-state index in [1.54, 1.807) is 7.11 Å². The minimum absolute atomic E-state index is 0.216. The van der Waals surface area contributed by atoms with E-state index in [-0.39, 0.29) is 6.79 Å². The molecule has 5 nitrogen and oxygen atoms in total. The highest BCUT2D eigenvalue weighted by Gasteiger charge is 2.21. The van der Waals surface area contributed by atoms with Crippen molar-refractivity contribution in [2.75, 3.05) is 27.0 Å². The second-order valence-corrected chi connectivity index (χ2v) is 7.05. The summed E-state index contributed by atoms with van der Waals surface area (Å²) in [6.07, 6.45) is 0. The second-order valence-electron chi connectivity index (χ2n) is 7.05. The highest BCUT2D eigenvalue weighted by molar-refractivity contribution is 5.86. The predicted molar refractivity (Wildman–Crippen MR) is 111 cm³/mol. The topological polar surface area (TPSA) is 43.8 Å². The zero-order valence-corrected chi connectivity index (χ0v) is 16.9. The van der Waals surface area contributed by atoms with Crippen molar-refractivity contribution in [2.24, 2.45) is 0 Å². The number of fused-ring (bicyclic) bond motifs is 2. The highest BCUT2D eigenvalue weighted by atomic mass is 16.7. The molecule has 1 aromatic heterocycles. The van der Waals surface area contributed by atoms with Gasteiger partial charge in [-0.15, -0.1) is 0 Å². The third kappa shape index (κ3) is 3.38. The number of benzene rings is 2. The van der Waals surface area contributed by atoms with Crippen LogP contribution in [0.2, 0.25) is 0 Å². The summed E-state index contributed by atoms with van der Waals surface area (Å²) in [6, 6.07) is 12.6. The maximum absolute atomic E-state index is 5.57. The zero-order chi connectivity index (χ0) is 19.7. The van der Waals surface area contributed by atoms with E-state index in [4.69, 9.17) is 19.2 Å². The first-order chi connectivity index (χ1) is 13.6. The molecule has 0 spiro atoms. The van der Waals surface area contributed by atoms with Gasteiger partial charge in [-0.05, 0) is 55.4 Å². The molecule has 0 radical (unpaired) electrons. The third-order valence-electron chi connectivity index (χ3n) is 5.34. The van der Waals surface area contributed by atoms with Gasteiger partial charge in [0.1, 0.15) is 0 Å². The minimum atomic E-state index is 0.216. The fourth-order valence-corrected chi connectivity index (χ4v) is 3.68. The van der Waals surface area contributed by atoms with E-state index in [0.29, 0.717) is 17.2 Å². The molecule has 0 atom stereocenters. The quantitative estimate of drug-likeness (QED) is 0.617. The van der Waals surface area contributed by atoms with Crippen LogP contribution in [0.25, 0.3) is 22.2 Å². The standard InChI is InChI=1S/C23H26N2O3/c1-5-25(6-2)13-16-7-8-18-15(3)9-19(24-20(18)10-16)17-11-21(26-4)23-22(12-17)27-14-28-23/h7-12H,5-6,13-14H2,1-4H3. The Hall–Kier alpha value is -2.79. The number of aromatic nitrogens is 1. The first kappa shape index (κ1) is 18.6. The molecule has 0 saturated heterocycles. The number of ether oxygens (including phenoxy) is 3. The van der Waals surface area contributed by atoms with E-state index in [1.165, 1.54) is 16.5 Å². The average Bonchev–Trinajstić information content (AvgIpc) is 3.19. The van der Waals surface area contributed by atoms with Crippen molar-refractivity contribution in [3.05, 3.63) is 47.5 Å². The molecule has 2 aromatic carbocycles. The Bertz CT molecular complexity index is 1010. The van der Waals surface area contributed by atoms with Gasteiger partial charge in [-0.1, -0.05) is 26.0 Å². The van der Waals surface area contributed by atoms with Crippen LogP contribution in [-0.2, 0) is 6.54 Å². The molecule has 0 aliphatic carbocycles. The lowest BCUT2D eigenvalue weighted by atomic mass is 10.0. The number of nitrogens with zero attached hydrogens (tertiary/aromatic N) is 2. The van der Waals surface area contributed by atoms with Crippen molar-refractivity contribution in [1.82, 2.24) is 9.88 Å². The summed E-state index contributed by atoms with van der Waals surface area (Å²) in [4.78, 5) is 7.36. The summed E-state index contributed by atoms with van der Waals surface area (Å²) in [7, 11) is 1.64. The maximum Gasteiger partial charge on any atom is 0.231 e. The largest absolute Gasteiger partial charge is 0.493 e. The van der Waals surface area contributed by atoms with Gasteiger partial charge in [-0.25, -0.2) is 4.98 Å². The molecule has 0 bridgehead atoms. The van der Waals surface area contributed by atoms with Gasteiger partial charge in [0, 0.05) is 17.5 Å². The summed E-state index contributed by atoms with van der Waals surface area (Å²) in [5, 5.41) is 1.18. The number of hydrogen-bond donors (Lipinski definition) is 0. The number of hydrogen-bond acceptors (Lipinski definition) is 5. The van der Waals surface area contributed by atoms with Crippen molar-refractivity contribution in [3.63, 3.8) is 0 Å². The van der Waals surface area contributed by atoms with Gasteiger partial charge >= 0.3 is 0 Å². The fourth-order valence-electron chi connectivity index (χ4n) is 3.68. The molecule has 28 heavy (non-hydrogen) atoms. The monoisotopic (exact) mass is 378 g/mol. The first-order valence-corrected chi connectivity index (χ1v) is 9.73. The van der Waals surface area contributed by atoms with Crippen molar-refractivity contribution in [1.29, 1.82) is 0 Å². The van der Waals surface area contributed by atoms with Gasteiger partial charge in [-0.2, -0.15) is 0 Å². The van der Waals surface area contributed by atoms with E-state index in [9.17, 15) is 0 Å². The number of methoxy groups -OCH3 is 1. The van der Waals surface area contributed by atoms with Gasteiger partial charge in [0.25, 0.3) is 0 Å². The normalized spacial score (nSPS) is 12.8. The number of pyridine rings is 1. The summed E-state index contributed by atoms with van der Waals surface area (Å²) in [5.74, 6) is 2.02. The molecule has 1 aliphatic heterocycles. The second kappa shape index (κ2) is 7.68. The van der Waals surface area contributed by atoms with Crippen LogP contribution >= 0.6 is 0 Å². The molecule has 3 aromatic rings. The van der Waals surface area contributed by atoms with Crippen molar-refractivity contribution < 1.29 is 14.2 Å². The van der Waals surface area contributed by atoms with Crippen LogP contribution in [0.15, 0.2) is 36.4 Å². The molecule has 0 N–H and O–H groups in total. The molecular weight excluding hydrogens is 352 g/mol. The fraction of sp³-hybridized carbons (Fsp3) is 0.348. The lowest BCUT2D eigenvalue weighted by Crippen LogP contribution is -2.22. The van der Waals surface area contributed by atoms with Crippen LogP contribution < -0.4 is 14.2 Å². The third-order valence-corrected chi connectivity index (χ3v) is 5.34. The van der Waals surface area contributed by atoms with Gasteiger partial charge in [0.2, 0.25) is 12.5 Å². The lowest BCUT2D eigenvalue weighted by Gasteiger charge is -2.18. The summed E-state index contributed by atoms with van der Waals surface area (Å²) >= 11 is 0. The van der Waals surface area contributed by atoms with Gasteiger partial charge in [0.15, 0.2) is 11.5 Å². The van der Waals surface area contributed by atoms with Crippen LogP contribution in [0.1, 0.15) is 25.0 Å². The molecule has 5 heteroatoms. The van der Waals surface area contributed by atoms with E-state index in [1.807, 2.05) is 12.1 Å². The molecule has 0 amide bonds. The summed E-state index contributed by atoms with van der Waals surface area (Å²) in [5.41, 5.74) is 5.35. The van der Waals surface area contributed by atoms with Crippen LogP contribution in [0.3, 0.4) is 0 Å². The smallest absolute Gasteiger partial charge is 0.231 e. The minimum Gasteiger partial charge on any atom is -0.493 e. The Morgan fingerprint density at radius 2 is 1.89 bits per heavy atom. The van der Waals surface area contributed by atoms with E-state index < -0.39 is 0 Å². The Kier molecular flexibility index (Phi) is 5.09. The molecule has 0 saturated carbocycles. The SMILES string of the molecule is CCN(CC)Cc1ccc2c(C)cc(-c3cc(OC)c4c(c3)OCO4)nc2c1. The Balaban J connectivity index is 1.78.